The highest BCUT2D eigenvalue weighted by atomic mass is 16.5. The number of nitrogens with zero attached hydrogens (tertiary/aromatic N) is 1. The Morgan fingerprint density at radius 3 is 2.47 bits per heavy atom. The summed E-state index contributed by atoms with van der Waals surface area (Å²) in [7, 11) is 0. The van der Waals surface area contributed by atoms with Crippen molar-refractivity contribution in [1.29, 1.82) is 0 Å². The van der Waals surface area contributed by atoms with Crippen LogP contribution < -0.4 is 15.0 Å². The smallest absolute Gasteiger partial charge is 0.407 e. The summed E-state index contributed by atoms with van der Waals surface area (Å²) >= 11 is 0. The molecular weight excluding hydrogens is 380 g/mol. The minimum absolute atomic E-state index is 0.0453. The van der Waals surface area contributed by atoms with Crippen LogP contribution >= 0.6 is 0 Å². The molecule has 0 saturated carbocycles. The number of alkyl carbamates (subject to hydrolysis) is 1. The highest BCUT2D eigenvalue weighted by molar-refractivity contribution is 6.05. The largest absolute Gasteiger partial charge is 0.455 e. The number of hydrogen-bond donors (Lipinski definition) is 1. The van der Waals surface area contributed by atoms with Crippen LogP contribution in [0, 0.1) is 5.92 Å². The normalized spacial score (nSPS) is 18.7. The van der Waals surface area contributed by atoms with E-state index in [0.29, 0.717) is 5.75 Å². The molecule has 2 heterocycles. The third-order valence-corrected chi connectivity index (χ3v) is 5.48. The third kappa shape index (κ3) is 3.16. The lowest BCUT2D eigenvalue weighted by molar-refractivity contribution is -0.130. The van der Waals surface area contributed by atoms with Crippen LogP contribution in [0.15, 0.2) is 78.9 Å². The second-order valence-electron chi connectivity index (χ2n) is 7.31. The van der Waals surface area contributed by atoms with E-state index in [1.54, 1.807) is 4.90 Å². The van der Waals surface area contributed by atoms with E-state index in [0.717, 1.165) is 22.6 Å². The van der Waals surface area contributed by atoms with E-state index >= 15 is 0 Å². The van der Waals surface area contributed by atoms with Crippen molar-refractivity contribution >= 4 is 17.7 Å². The van der Waals surface area contributed by atoms with E-state index in [2.05, 4.69) is 5.32 Å². The van der Waals surface area contributed by atoms with Gasteiger partial charge in [-0.15, -0.1) is 0 Å². The molecule has 0 radical (unpaired) electrons. The van der Waals surface area contributed by atoms with Gasteiger partial charge in [0, 0.05) is 12.1 Å². The molecule has 1 N–H and O–H groups in total. The Morgan fingerprint density at radius 2 is 1.63 bits per heavy atom. The molecule has 2 atom stereocenters. The molecule has 5 rings (SSSR count). The molecule has 1 saturated heterocycles. The standard InChI is InChI=1S/C24H20N2O4/c27-23-18(14-25-24(28)29-15-16-8-2-1-3-9-16)22-17-10-4-6-12-20(17)30-21-13-7-5-11-19(21)26(22)23/h1-13,18,22H,14-15H2,(H,25,28)/t18-,22-/m1/s1. The summed E-state index contributed by atoms with van der Waals surface area (Å²) < 4.78 is 11.4. The fourth-order valence-electron chi connectivity index (χ4n) is 4.02. The molecular formula is C24H20N2O4. The van der Waals surface area contributed by atoms with Crippen molar-refractivity contribution in [2.75, 3.05) is 11.4 Å². The van der Waals surface area contributed by atoms with Gasteiger partial charge in [-0.05, 0) is 23.8 Å². The van der Waals surface area contributed by atoms with Crippen LogP contribution in [-0.4, -0.2) is 18.5 Å². The predicted octanol–water partition coefficient (Wildman–Crippen LogP) is 4.42. The van der Waals surface area contributed by atoms with Crippen LogP contribution in [0.25, 0.3) is 0 Å². The monoisotopic (exact) mass is 400 g/mol. The molecule has 30 heavy (non-hydrogen) atoms. The lowest BCUT2D eigenvalue weighted by Crippen LogP contribution is -2.58. The van der Waals surface area contributed by atoms with Gasteiger partial charge in [0.2, 0.25) is 5.91 Å². The highest BCUT2D eigenvalue weighted by Crippen LogP contribution is 2.52. The minimum atomic E-state index is -0.538. The van der Waals surface area contributed by atoms with E-state index in [-0.39, 0.29) is 31.0 Å². The zero-order valence-corrected chi connectivity index (χ0v) is 16.2. The SMILES string of the molecule is O=C(NC[C@H]1C(=O)N2c3ccccc3Oc3ccccc3[C@H]12)OCc1ccccc1. The quantitative estimate of drug-likeness (QED) is 0.658. The Kier molecular flexibility index (Phi) is 4.59. The fraction of sp³-hybridized carbons (Fsp3) is 0.167. The van der Waals surface area contributed by atoms with Gasteiger partial charge in [0.25, 0.3) is 0 Å². The molecule has 0 spiro atoms. The van der Waals surface area contributed by atoms with E-state index in [9.17, 15) is 9.59 Å². The minimum Gasteiger partial charge on any atom is -0.455 e. The van der Waals surface area contributed by atoms with Crippen molar-refractivity contribution in [3.8, 4) is 11.5 Å². The topological polar surface area (TPSA) is 67.9 Å². The molecule has 6 heteroatoms. The van der Waals surface area contributed by atoms with Crippen molar-refractivity contribution in [3.63, 3.8) is 0 Å². The van der Waals surface area contributed by atoms with E-state index in [4.69, 9.17) is 9.47 Å². The Morgan fingerprint density at radius 1 is 0.933 bits per heavy atom. The molecule has 2 aliphatic rings. The maximum atomic E-state index is 13.0. The Labute approximate surface area is 174 Å². The summed E-state index contributed by atoms with van der Waals surface area (Å²) in [6.45, 7) is 0.384. The zero-order chi connectivity index (χ0) is 20.5. The third-order valence-electron chi connectivity index (χ3n) is 5.48. The zero-order valence-electron chi connectivity index (χ0n) is 16.2. The van der Waals surface area contributed by atoms with Crippen molar-refractivity contribution in [2.24, 2.45) is 5.92 Å². The number of ether oxygens (including phenoxy) is 2. The Bertz CT molecular complexity index is 1100. The number of amides is 2. The lowest BCUT2D eigenvalue weighted by Gasteiger charge is -2.46. The first-order valence-corrected chi connectivity index (χ1v) is 9.86. The van der Waals surface area contributed by atoms with Gasteiger partial charge in [-0.3, -0.25) is 9.69 Å². The van der Waals surface area contributed by atoms with Gasteiger partial charge in [0.15, 0.2) is 5.75 Å². The summed E-state index contributed by atoms with van der Waals surface area (Å²) in [6.07, 6.45) is -0.538. The van der Waals surface area contributed by atoms with Crippen LogP contribution in [0.5, 0.6) is 11.5 Å². The molecule has 6 nitrogen and oxygen atoms in total. The van der Waals surface area contributed by atoms with Gasteiger partial charge in [0.1, 0.15) is 12.4 Å². The highest BCUT2D eigenvalue weighted by Gasteiger charge is 2.51. The summed E-state index contributed by atoms with van der Waals surface area (Å²) in [6, 6.07) is 24.5. The second-order valence-corrected chi connectivity index (χ2v) is 7.31. The van der Waals surface area contributed by atoms with Crippen molar-refractivity contribution in [3.05, 3.63) is 90.0 Å². The fourth-order valence-corrected chi connectivity index (χ4v) is 4.02. The van der Waals surface area contributed by atoms with E-state index in [1.165, 1.54) is 0 Å². The number of hydrogen-bond acceptors (Lipinski definition) is 4. The van der Waals surface area contributed by atoms with Crippen LogP contribution in [0.1, 0.15) is 17.2 Å². The number of β-lactam (4-membered cyclic amide) rings is 1. The van der Waals surface area contributed by atoms with Crippen molar-refractivity contribution in [1.82, 2.24) is 5.32 Å². The first-order valence-electron chi connectivity index (χ1n) is 9.86. The molecule has 2 aliphatic heterocycles. The molecule has 3 aromatic carbocycles. The van der Waals surface area contributed by atoms with Crippen LogP contribution in [0.2, 0.25) is 0 Å². The molecule has 0 unspecified atom stereocenters. The van der Waals surface area contributed by atoms with Gasteiger partial charge in [-0.1, -0.05) is 60.7 Å². The van der Waals surface area contributed by atoms with Gasteiger partial charge in [-0.2, -0.15) is 0 Å². The number of rotatable bonds is 4. The predicted molar refractivity (Wildman–Crippen MR) is 111 cm³/mol. The summed E-state index contributed by atoms with van der Waals surface area (Å²) in [4.78, 5) is 26.9. The summed E-state index contributed by atoms with van der Waals surface area (Å²) in [5.41, 5.74) is 2.58. The average Bonchev–Trinajstić information content (AvgIpc) is 2.91. The molecule has 0 aliphatic carbocycles. The molecule has 150 valence electrons. The molecule has 0 aromatic heterocycles. The Hall–Kier alpha value is -3.80. The average molecular weight is 400 g/mol. The molecule has 2 amide bonds. The summed E-state index contributed by atoms with van der Waals surface area (Å²) in [5.74, 6) is 0.942. The van der Waals surface area contributed by atoms with Gasteiger partial charge in [-0.25, -0.2) is 4.79 Å². The number of benzene rings is 3. The first-order chi connectivity index (χ1) is 14.7. The maximum Gasteiger partial charge on any atom is 0.407 e. The summed E-state index contributed by atoms with van der Waals surface area (Å²) in [5, 5.41) is 2.74. The lowest BCUT2D eigenvalue weighted by atomic mass is 9.81. The number of fused-ring (bicyclic) bond motifs is 5. The molecule has 1 fully saturated rings. The second kappa shape index (κ2) is 7.55. The van der Waals surface area contributed by atoms with Gasteiger partial charge < -0.3 is 14.8 Å². The van der Waals surface area contributed by atoms with Crippen molar-refractivity contribution in [2.45, 2.75) is 12.6 Å². The number of para-hydroxylation sites is 3. The number of carbonyl (C=O) groups excluding carboxylic acids is 2. The van der Waals surface area contributed by atoms with E-state index in [1.807, 2.05) is 78.9 Å². The molecule has 3 aromatic rings. The number of carbonyl (C=O) groups is 2. The van der Waals surface area contributed by atoms with Crippen molar-refractivity contribution < 1.29 is 19.1 Å². The van der Waals surface area contributed by atoms with E-state index < -0.39 is 6.09 Å². The first kappa shape index (κ1) is 18.2. The molecule has 0 bridgehead atoms. The van der Waals surface area contributed by atoms with Crippen LogP contribution in [0.4, 0.5) is 10.5 Å². The maximum absolute atomic E-state index is 13.0. The number of nitrogens with one attached hydrogen (secondary N) is 1. The number of anilines is 1. The van der Waals surface area contributed by atoms with Gasteiger partial charge in [0.05, 0.1) is 17.6 Å². The van der Waals surface area contributed by atoms with Crippen LogP contribution in [0.3, 0.4) is 0 Å². The van der Waals surface area contributed by atoms with Gasteiger partial charge >= 0.3 is 6.09 Å². The Balaban J connectivity index is 1.32. The van der Waals surface area contributed by atoms with Crippen LogP contribution in [-0.2, 0) is 16.1 Å².